The molecule has 2 heterocycles. The fourth-order valence-electron chi connectivity index (χ4n) is 10.8. The second-order valence-electron chi connectivity index (χ2n) is 23.5. The second-order valence-corrected chi connectivity index (χ2v) is 23.5. The molecule has 0 aromatic carbocycles. The lowest BCUT2D eigenvalue weighted by Crippen LogP contribution is -2.63. The molecule has 2 aliphatic heterocycles. The van der Waals surface area contributed by atoms with Crippen LogP contribution in [0.25, 0.3) is 0 Å². The summed E-state index contributed by atoms with van der Waals surface area (Å²) in [6.07, 6.45) is -0.865. The molecular weight excluding hydrogens is 1050 g/mol. The van der Waals surface area contributed by atoms with Crippen molar-refractivity contribution in [1.82, 2.24) is 45.3 Å². The number of hydrogen-bond acceptors (Lipinski definition) is 15. The summed E-state index contributed by atoms with van der Waals surface area (Å²) in [7, 11) is 8.92. The minimum absolute atomic E-state index is 0.0436. The molecule has 2 saturated heterocycles. The van der Waals surface area contributed by atoms with Crippen molar-refractivity contribution >= 4 is 71.1 Å². The molecule has 3 N–H and O–H groups in total. The van der Waals surface area contributed by atoms with Crippen molar-refractivity contribution < 1.29 is 71.7 Å². The molecule has 0 aliphatic carbocycles. The zero-order valence-corrected chi connectivity index (χ0v) is 51.9. The van der Waals surface area contributed by atoms with Crippen LogP contribution in [0, 0.1) is 35.5 Å². The Balaban J connectivity index is 3.04. The first kappa shape index (κ1) is 70.7. The summed E-state index contributed by atoms with van der Waals surface area (Å²) in [6.45, 7) is 22.1. The van der Waals surface area contributed by atoms with Crippen LogP contribution in [0.15, 0.2) is 0 Å². The van der Waals surface area contributed by atoms with E-state index in [1.54, 1.807) is 83.1 Å². The summed E-state index contributed by atoms with van der Waals surface area (Å²) in [6, 6.07) is -12.2. The van der Waals surface area contributed by atoms with Crippen molar-refractivity contribution in [3.8, 4) is 0 Å². The SMILES string of the molecule is CC[C@H](C)[C@H]1C(=O)N[C@@H](CC(=O)OC)C(=O)N(C)[C@H](C(C)C)C(=O)N[C@@H](CC(C)C)C(=O)O[C@H](C)C(=O)N2CCCC[C@H]2C(=O)N(C)[C@@H](C(C)C)C(=O)N[C@H](C(C)C)C(=O)N(C)[C@@H](CC(=O)OC)C(=O)N(C)[C@@H]([C@@H](C)CC)C(=O)N1C. The number of cyclic esters (lactones) is 1. The van der Waals surface area contributed by atoms with Gasteiger partial charge in [0, 0.05) is 41.8 Å². The van der Waals surface area contributed by atoms with Crippen LogP contribution in [0.5, 0.6) is 0 Å². The summed E-state index contributed by atoms with van der Waals surface area (Å²) >= 11 is 0. The number of rotatable bonds is 13. The Kier molecular flexibility index (Phi) is 27.7. The summed E-state index contributed by atoms with van der Waals surface area (Å²) in [4.78, 5) is 180. The zero-order chi connectivity index (χ0) is 62.2. The topological polar surface area (TPSA) is 288 Å². The maximum atomic E-state index is 15.1. The molecule has 24 heteroatoms. The third-order valence-electron chi connectivity index (χ3n) is 15.9. The minimum Gasteiger partial charge on any atom is -0.469 e. The first-order valence-corrected chi connectivity index (χ1v) is 28.6. The second kappa shape index (κ2) is 31.7. The van der Waals surface area contributed by atoms with Crippen molar-refractivity contribution in [3.05, 3.63) is 0 Å². The number of hydrogen-bond donors (Lipinski definition) is 3. The van der Waals surface area contributed by atoms with Crippen molar-refractivity contribution in [2.45, 2.75) is 202 Å². The molecule has 12 atom stereocenters. The summed E-state index contributed by atoms with van der Waals surface area (Å²) in [5.41, 5.74) is 0. The smallest absolute Gasteiger partial charge is 0.329 e. The Morgan fingerprint density at radius 1 is 0.531 bits per heavy atom. The number of esters is 3. The van der Waals surface area contributed by atoms with Crippen LogP contribution < -0.4 is 16.0 Å². The van der Waals surface area contributed by atoms with Gasteiger partial charge in [-0.3, -0.25) is 52.7 Å². The molecule has 81 heavy (non-hydrogen) atoms. The van der Waals surface area contributed by atoms with Gasteiger partial charge in [-0.15, -0.1) is 0 Å². The predicted octanol–water partition coefficient (Wildman–Crippen LogP) is 2.13. The van der Waals surface area contributed by atoms with E-state index in [-0.39, 0.29) is 25.3 Å². The van der Waals surface area contributed by atoms with E-state index in [0.29, 0.717) is 25.7 Å². The summed E-state index contributed by atoms with van der Waals surface area (Å²) in [5.74, 6) is -12.9. The molecule has 0 bridgehead atoms. The fourth-order valence-corrected chi connectivity index (χ4v) is 10.8. The Morgan fingerprint density at radius 3 is 1.48 bits per heavy atom. The van der Waals surface area contributed by atoms with Crippen molar-refractivity contribution in [3.63, 3.8) is 0 Å². The predicted molar refractivity (Wildman–Crippen MR) is 300 cm³/mol. The van der Waals surface area contributed by atoms with Crippen LogP contribution in [0.1, 0.15) is 141 Å². The van der Waals surface area contributed by atoms with Gasteiger partial charge in [-0.05, 0) is 68.1 Å². The van der Waals surface area contributed by atoms with Gasteiger partial charge in [0.05, 0.1) is 27.1 Å². The quantitative estimate of drug-likeness (QED) is 0.176. The van der Waals surface area contributed by atoms with Gasteiger partial charge in [0.1, 0.15) is 54.4 Å². The Labute approximate surface area is 480 Å². The maximum absolute atomic E-state index is 15.1. The number of fused-ring (bicyclic) bond motifs is 1. The summed E-state index contributed by atoms with van der Waals surface area (Å²) in [5, 5.41) is 8.20. The van der Waals surface area contributed by atoms with Crippen LogP contribution in [0.4, 0.5) is 0 Å². The molecule has 0 aromatic heterocycles. The number of nitrogens with zero attached hydrogens (tertiary/aromatic N) is 6. The average molecular weight is 1150 g/mol. The van der Waals surface area contributed by atoms with Crippen molar-refractivity contribution in [2.24, 2.45) is 35.5 Å². The molecule has 0 radical (unpaired) electrons. The number of carbonyl (C=O) groups is 12. The number of piperidine rings is 1. The van der Waals surface area contributed by atoms with Crippen molar-refractivity contribution in [1.29, 1.82) is 0 Å². The maximum Gasteiger partial charge on any atom is 0.329 e. The van der Waals surface area contributed by atoms with Gasteiger partial charge in [-0.2, -0.15) is 0 Å². The lowest BCUT2D eigenvalue weighted by atomic mass is 9.92. The van der Waals surface area contributed by atoms with E-state index < -0.39 is 174 Å². The molecule has 9 amide bonds. The molecule has 460 valence electrons. The van der Waals surface area contributed by atoms with Crippen molar-refractivity contribution in [2.75, 3.05) is 56.0 Å². The van der Waals surface area contributed by atoms with Crippen LogP contribution in [-0.2, 0) is 71.7 Å². The minimum atomic E-state index is -1.66. The molecule has 2 fully saturated rings. The first-order valence-electron chi connectivity index (χ1n) is 28.6. The van der Waals surface area contributed by atoms with Crippen LogP contribution in [-0.4, -0.2) is 217 Å². The van der Waals surface area contributed by atoms with E-state index >= 15 is 9.59 Å². The van der Waals surface area contributed by atoms with Gasteiger partial charge < -0.3 is 59.6 Å². The third kappa shape index (κ3) is 18.1. The molecule has 0 saturated carbocycles. The molecule has 0 aromatic rings. The van der Waals surface area contributed by atoms with Gasteiger partial charge >= 0.3 is 17.9 Å². The average Bonchev–Trinajstić information content (AvgIpc) is 3.45. The molecule has 24 nitrogen and oxygen atoms in total. The molecular formula is C57H97N9O15. The Hall–Kier alpha value is -6.36. The number of likely N-dealkylation sites (N-methyl/N-ethyl adjacent to an activating group) is 5. The normalized spacial score (nSPS) is 27.5. The van der Waals surface area contributed by atoms with E-state index in [9.17, 15) is 47.9 Å². The monoisotopic (exact) mass is 1150 g/mol. The molecule has 2 aliphatic rings. The van der Waals surface area contributed by atoms with Crippen LogP contribution in [0.2, 0.25) is 0 Å². The van der Waals surface area contributed by atoms with Gasteiger partial charge in [0.25, 0.3) is 5.91 Å². The van der Waals surface area contributed by atoms with E-state index in [1.807, 2.05) is 0 Å². The van der Waals surface area contributed by atoms with E-state index in [2.05, 4.69) is 16.0 Å². The highest BCUT2D eigenvalue weighted by Gasteiger charge is 2.47. The van der Waals surface area contributed by atoms with Gasteiger partial charge in [-0.1, -0.05) is 95.9 Å². The largest absolute Gasteiger partial charge is 0.469 e. The zero-order valence-electron chi connectivity index (χ0n) is 51.9. The standard InChI is InChI=1S/C57H97N9O15/c1-21-34(11)46-50(71)58-37(28-41(67)79-19)52(73)62(15)44(32(7)8)48(69)59-38(27-30(3)4)57(78)81-36(13)51(72)66-26-24-23-25-39(66)53(74)63(16)45(33(9)10)49(70)60-43(31(5)6)55(76)61(14)40(29-42(68)80-20)54(75)65(18)47(35(12)22-2)56(77)64(46)17/h30-40,43-47H,21-29H2,1-20H3,(H,58,71)(H,59,69)(H,60,70)/t34-,35-,36+,37-,38-,39-,40-,43+,44+,45-,46-,47-/m0/s1. The number of carbonyl (C=O) groups excluding carboxylic acids is 12. The highest BCUT2D eigenvalue weighted by atomic mass is 16.6. The van der Waals surface area contributed by atoms with Gasteiger partial charge in [0.2, 0.25) is 47.3 Å². The Morgan fingerprint density at radius 2 is 0.988 bits per heavy atom. The Bertz CT molecular complexity index is 2260. The van der Waals surface area contributed by atoms with E-state index in [1.165, 1.54) is 52.0 Å². The number of nitrogens with one attached hydrogen (secondary N) is 3. The van der Waals surface area contributed by atoms with Crippen LogP contribution >= 0.6 is 0 Å². The highest BCUT2D eigenvalue weighted by Crippen LogP contribution is 2.27. The molecule has 2 rings (SSSR count). The number of amides is 9. The molecule has 0 spiro atoms. The highest BCUT2D eigenvalue weighted by molar-refractivity contribution is 6.00. The lowest BCUT2D eigenvalue weighted by molar-refractivity contribution is -0.165. The van der Waals surface area contributed by atoms with Gasteiger partial charge in [0.15, 0.2) is 6.10 Å². The summed E-state index contributed by atoms with van der Waals surface area (Å²) < 4.78 is 15.7. The van der Waals surface area contributed by atoms with Gasteiger partial charge in [-0.25, -0.2) is 4.79 Å². The number of ether oxygens (including phenoxy) is 3. The van der Waals surface area contributed by atoms with E-state index in [0.717, 1.165) is 33.8 Å². The number of methoxy groups -OCH3 is 2. The first-order chi connectivity index (χ1) is 37.7. The lowest BCUT2D eigenvalue weighted by Gasteiger charge is -2.41. The third-order valence-corrected chi connectivity index (χ3v) is 15.9. The fraction of sp³-hybridized carbons (Fsp3) is 0.789. The van der Waals surface area contributed by atoms with E-state index in [4.69, 9.17) is 14.2 Å². The molecule has 0 unspecified atom stereocenters. The van der Waals surface area contributed by atoms with Crippen LogP contribution in [0.3, 0.4) is 0 Å².